The van der Waals surface area contributed by atoms with E-state index in [2.05, 4.69) is 32.0 Å². The number of benzene rings is 2. The van der Waals surface area contributed by atoms with Crippen molar-refractivity contribution >= 4 is 5.69 Å². The Hall–Kier alpha value is -1.96. The third-order valence-electron chi connectivity index (χ3n) is 2.96. The molecular weight excluding hydrogens is 222 g/mol. The Bertz CT molecular complexity index is 541. The van der Waals surface area contributed by atoms with Crippen LogP contribution in [0.5, 0.6) is 5.75 Å². The summed E-state index contributed by atoms with van der Waals surface area (Å²) in [5, 5.41) is 0. The average Bonchev–Trinajstić information content (AvgIpc) is 2.30. The molecule has 0 aliphatic rings. The molecule has 0 amide bonds. The van der Waals surface area contributed by atoms with Crippen molar-refractivity contribution in [1.82, 2.24) is 0 Å². The second-order valence-electron chi connectivity index (χ2n) is 4.77. The van der Waals surface area contributed by atoms with Crippen molar-refractivity contribution < 1.29 is 4.74 Å². The molecule has 0 atom stereocenters. The summed E-state index contributed by atoms with van der Waals surface area (Å²) in [5.41, 5.74) is 11.4. The minimum absolute atomic E-state index is 0.552. The van der Waals surface area contributed by atoms with Crippen molar-refractivity contribution in [1.29, 1.82) is 0 Å². The highest BCUT2D eigenvalue weighted by Gasteiger charge is 2.03. The normalized spacial score (nSPS) is 10.4. The Balaban J connectivity index is 2.14. The number of para-hydroxylation sites is 1. The summed E-state index contributed by atoms with van der Waals surface area (Å²) in [6, 6.07) is 12.3. The minimum atomic E-state index is 0.552. The van der Waals surface area contributed by atoms with E-state index in [0.717, 1.165) is 17.0 Å². The van der Waals surface area contributed by atoms with Gasteiger partial charge in [-0.3, -0.25) is 0 Å². The van der Waals surface area contributed by atoms with Gasteiger partial charge in [0.05, 0.1) is 5.69 Å². The lowest BCUT2D eigenvalue weighted by Crippen LogP contribution is -2.00. The van der Waals surface area contributed by atoms with Gasteiger partial charge in [0, 0.05) is 0 Å². The van der Waals surface area contributed by atoms with E-state index in [1.807, 2.05) is 25.1 Å². The molecule has 0 saturated carbocycles. The largest absolute Gasteiger partial charge is 0.487 e. The fourth-order valence-electron chi connectivity index (χ4n) is 2.09. The maximum atomic E-state index is 5.98. The summed E-state index contributed by atoms with van der Waals surface area (Å²) in [7, 11) is 0. The van der Waals surface area contributed by atoms with Crippen LogP contribution in [0.25, 0.3) is 0 Å². The van der Waals surface area contributed by atoms with Crippen molar-refractivity contribution in [3.05, 3.63) is 58.7 Å². The molecule has 0 aliphatic carbocycles. The van der Waals surface area contributed by atoms with E-state index in [9.17, 15) is 0 Å². The zero-order valence-corrected chi connectivity index (χ0v) is 11.2. The third kappa shape index (κ3) is 2.83. The number of ether oxygens (including phenoxy) is 1. The lowest BCUT2D eigenvalue weighted by atomic mass is 10.1. The fourth-order valence-corrected chi connectivity index (χ4v) is 2.09. The summed E-state index contributed by atoms with van der Waals surface area (Å²) < 4.78 is 5.79. The topological polar surface area (TPSA) is 35.2 Å². The summed E-state index contributed by atoms with van der Waals surface area (Å²) in [4.78, 5) is 0. The first-order valence-corrected chi connectivity index (χ1v) is 6.11. The molecule has 0 fully saturated rings. The molecule has 94 valence electrons. The Labute approximate surface area is 108 Å². The predicted molar refractivity (Wildman–Crippen MR) is 75.8 cm³/mol. The number of anilines is 1. The lowest BCUT2D eigenvalue weighted by molar-refractivity contribution is 0.307. The van der Waals surface area contributed by atoms with Crippen LogP contribution >= 0.6 is 0 Å². The van der Waals surface area contributed by atoms with E-state index < -0.39 is 0 Å². The van der Waals surface area contributed by atoms with E-state index >= 15 is 0 Å². The van der Waals surface area contributed by atoms with Crippen LogP contribution in [0.1, 0.15) is 22.3 Å². The molecule has 0 heterocycles. The Morgan fingerprint density at radius 3 is 2.33 bits per heavy atom. The molecule has 0 unspecified atom stereocenters. The van der Waals surface area contributed by atoms with E-state index in [0.29, 0.717) is 6.61 Å². The van der Waals surface area contributed by atoms with Gasteiger partial charge in [-0.2, -0.15) is 0 Å². The highest BCUT2D eigenvalue weighted by atomic mass is 16.5. The van der Waals surface area contributed by atoms with Gasteiger partial charge in [0.1, 0.15) is 12.4 Å². The van der Waals surface area contributed by atoms with E-state index in [4.69, 9.17) is 10.5 Å². The summed E-state index contributed by atoms with van der Waals surface area (Å²) in [6.07, 6.45) is 0. The molecule has 2 heteroatoms. The van der Waals surface area contributed by atoms with Gasteiger partial charge >= 0.3 is 0 Å². The Morgan fingerprint density at radius 2 is 1.67 bits per heavy atom. The quantitative estimate of drug-likeness (QED) is 0.830. The minimum Gasteiger partial charge on any atom is -0.487 e. The number of aryl methyl sites for hydroxylation is 3. The molecule has 2 rings (SSSR count). The highest BCUT2D eigenvalue weighted by molar-refractivity contribution is 5.57. The van der Waals surface area contributed by atoms with Crippen LogP contribution < -0.4 is 10.5 Å². The van der Waals surface area contributed by atoms with Gasteiger partial charge in [0.15, 0.2) is 0 Å². The maximum Gasteiger partial charge on any atom is 0.142 e. The van der Waals surface area contributed by atoms with E-state index in [-0.39, 0.29) is 0 Å². The van der Waals surface area contributed by atoms with Gasteiger partial charge in [-0.15, -0.1) is 0 Å². The second-order valence-corrected chi connectivity index (χ2v) is 4.77. The van der Waals surface area contributed by atoms with Gasteiger partial charge in [-0.25, -0.2) is 0 Å². The number of nitrogen functional groups attached to an aromatic ring is 1. The molecule has 0 aromatic heterocycles. The van der Waals surface area contributed by atoms with Gasteiger partial charge < -0.3 is 10.5 Å². The smallest absolute Gasteiger partial charge is 0.142 e. The van der Waals surface area contributed by atoms with E-state index in [1.54, 1.807) is 0 Å². The molecular formula is C16H19NO. The maximum absolute atomic E-state index is 5.98. The van der Waals surface area contributed by atoms with Crippen molar-refractivity contribution in [2.24, 2.45) is 0 Å². The van der Waals surface area contributed by atoms with Gasteiger partial charge in [-0.05, 0) is 38.0 Å². The molecule has 0 bridgehead atoms. The van der Waals surface area contributed by atoms with E-state index in [1.165, 1.54) is 16.7 Å². The number of hydrogen-bond donors (Lipinski definition) is 1. The third-order valence-corrected chi connectivity index (χ3v) is 2.96. The monoisotopic (exact) mass is 241 g/mol. The molecule has 18 heavy (non-hydrogen) atoms. The first-order valence-electron chi connectivity index (χ1n) is 6.11. The van der Waals surface area contributed by atoms with Crippen molar-refractivity contribution in [2.45, 2.75) is 27.4 Å². The van der Waals surface area contributed by atoms with Gasteiger partial charge in [0.25, 0.3) is 0 Å². The van der Waals surface area contributed by atoms with Crippen LogP contribution in [-0.4, -0.2) is 0 Å². The fraction of sp³-hybridized carbons (Fsp3) is 0.250. The highest BCUT2D eigenvalue weighted by Crippen LogP contribution is 2.25. The molecule has 0 saturated heterocycles. The molecule has 2 N–H and O–H groups in total. The Morgan fingerprint density at radius 1 is 1.00 bits per heavy atom. The van der Waals surface area contributed by atoms with Crippen LogP contribution in [-0.2, 0) is 6.61 Å². The second kappa shape index (κ2) is 5.13. The molecule has 0 aliphatic heterocycles. The predicted octanol–water partition coefficient (Wildman–Crippen LogP) is 3.77. The molecule has 2 nitrogen and oxygen atoms in total. The molecule has 0 radical (unpaired) electrons. The number of nitrogens with two attached hydrogens (primary N) is 1. The first-order chi connectivity index (χ1) is 8.56. The van der Waals surface area contributed by atoms with Crippen molar-refractivity contribution in [3.8, 4) is 5.75 Å². The molecule has 0 spiro atoms. The van der Waals surface area contributed by atoms with Crippen LogP contribution in [0.15, 0.2) is 36.4 Å². The zero-order valence-electron chi connectivity index (χ0n) is 11.2. The van der Waals surface area contributed by atoms with Crippen molar-refractivity contribution in [3.63, 3.8) is 0 Å². The van der Waals surface area contributed by atoms with Crippen LogP contribution in [0.2, 0.25) is 0 Å². The van der Waals surface area contributed by atoms with Gasteiger partial charge in [-0.1, -0.05) is 41.5 Å². The standard InChI is InChI=1S/C16H19NO/c1-11-7-12(2)9-14(8-11)10-18-15-6-4-5-13(3)16(15)17/h4-9H,10,17H2,1-3H3. The number of hydrogen-bond acceptors (Lipinski definition) is 2. The van der Waals surface area contributed by atoms with Crippen LogP contribution in [0.3, 0.4) is 0 Å². The lowest BCUT2D eigenvalue weighted by Gasteiger charge is -2.11. The SMILES string of the molecule is Cc1cc(C)cc(COc2cccc(C)c2N)c1. The van der Waals surface area contributed by atoms with Crippen molar-refractivity contribution in [2.75, 3.05) is 5.73 Å². The first kappa shape index (κ1) is 12.5. The zero-order chi connectivity index (χ0) is 13.1. The summed E-state index contributed by atoms with van der Waals surface area (Å²) in [5.74, 6) is 0.758. The van der Waals surface area contributed by atoms with Crippen LogP contribution in [0, 0.1) is 20.8 Å². The summed E-state index contributed by atoms with van der Waals surface area (Å²) >= 11 is 0. The summed E-state index contributed by atoms with van der Waals surface area (Å²) in [6.45, 7) is 6.73. The average molecular weight is 241 g/mol. The molecule has 2 aromatic carbocycles. The number of rotatable bonds is 3. The van der Waals surface area contributed by atoms with Crippen LogP contribution in [0.4, 0.5) is 5.69 Å². The molecule has 2 aromatic rings. The van der Waals surface area contributed by atoms with Gasteiger partial charge in [0.2, 0.25) is 0 Å². The Kier molecular flexibility index (Phi) is 3.56.